The Labute approximate surface area is 227 Å². The maximum absolute atomic E-state index is 12.9. The Kier molecular flexibility index (Phi) is 8.74. The van der Waals surface area contributed by atoms with E-state index in [9.17, 15) is 29.1 Å². The molecule has 1 heterocycles. The van der Waals surface area contributed by atoms with Crippen molar-refractivity contribution in [1.82, 2.24) is 0 Å². The molecule has 8 atom stereocenters. The molecule has 214 valence electrons. The standard InChI is InChI=1S/C28H36O11/c1-14-8-10-21(36-17(4)30)27(7)22(37-18(5)31)11-9-20(13-35-16(3)29)12-23-28(34,15(2)26(33)39-23)25(24(14)27)38-19(6)32/h9,11-12,15,21-25,34H,1,8,10,13H2,2-7H3/b11-9+,20-12+/t15-,21-,22-,23-,24+,25?,27+,28+/m0/s1. The van der Waals surface area contributed by atoms with Crippen LogP contribution in [0.25, 0.3) is 0 Å². The zero-order valence-electron chi connectivity index (χ0n) is 23.1. The van der Waals surface area contributed by atoms with Crippen LogP contribution in [0.4, 0.5) is 0 Å². The molecule has 1 aliphatic heterocycles. The van der Waals surface area contributed by atoms with Crippen molar-refractivity contribution in [3.05, 3.63) is 36.0 Å². The van der Waals surface area contributed by atoms with Crippen LogP contribution >= 0.6 is 0 Å². The molecule has 2 fully saturated rings. The van der Waals surface area contributed by atoms with Gasteiger partial charge in [-0.2, -0.15) is 0 Å². The van der Waals surface area contributed by atoms with Crippen molar-refractivity contribution < 1.29 is 52.8 Å². The predicted octanol–water partition coefficient (Wildman–Crippen LogP) is 2.11. The van der Waals surface area contributed by atoms with Gasteiger partial charge < -0.3 is 28.8 Å². The summed E-state index contributed by atoms with van der Waals surface area (Å²) >= 11 is 0. The van der Waals surface area contributed by atoms with E-state index >= 15 is 0 Å². The molecule has 1 saturated carbocycles. The van der Waals surface area contributed by atoms with Crippen molar-refractivity contribution in [2.75, 3.05) is 6.61 Å². The van der Waals surface area contributed by atoms with Crippen molar-refractivity contribution in [3.63, 3.8) is 0 Å². The third-order valence-corrected chi connectivity index (χ3v) is 7.84. The van der Waals surface area contributed by atoms with Crippen LogP contribution in [0.3, 0.4) is 0 Å². The fraction of sp³-hybridized carbons (Fsp3) is 0.607. The van der Waals surface area contributed by atoms with Crippen LogP contribution in [0.15, 0.2) is 36.0 Å². The molecule has 39 heavy (non-hydrogen) atoms. The van der Waals surface area contributed by atoms with Gasteiger partial charge in [-0.1, -0.05) is 25.2 Å². The van der Waals surface area contributed by atoms with E-state index in [1.165, 1.54) is 39.8 Å². The fourth-order valence-electron chi connectivity index (χ4n) is 5.95. The van der Waals surface area contributed by atoms with Gasteiger partial charge in [0.1, 0.15) is 24.9 Å². The van der Waals surface area contributed by atoms with Crippen molar-refractivity contribution in [3.8, 4) is 0 Å². The Hall–Kier alpha value is -3.47. The summed E-state index contributed by atoms with van der Waals surface area (Å²) in [6.45, 7) is 12.0. The maximum atomic E-state index is 12.9. The second-order valence-electron chi connectivity index (χ2n) is 10.5. The molecule has 0 bridgehead atoms. The molecule has 3 rings (SSSR count). The molecule has 3 aliphatic rings. The minimum absolute atomic E-state index is 0.254. The normalized spacial score (nSPS) is 38.1. The number of rotatable bonds is 5. The monoisotopic (exact) mass is 548 g/mol. The molecule has 0 aromatic rings. The summed E-state index contributed by atoms with van der Waals surface area (Å²) in [6, 6.07) is 0. The molecule has 11 nitrogen and oxygen atoms in total. The molecule has 0 radical (unpaired) electrons. The lowest BCUT2D eigenvalue weighted by Crippen LogP contribution is -2.65. The predicted molar refractivity (Wildman–Crippen MR) is 134 cm³/mol. The lowest BCUT2D eigenvalue weighted by molar-refractivity contribution is -0.214. The van der Waals surface area contributed by atoms with Crippen molar-refractivity contribution in [2.24, 2.45) is 17.3 Å². The second kappa shape index (κ2) is 11.3. The number of hydrogen-bond donors (Lipinski definition) is 1. The molecule has 1 saturated heterocycles. The first kappa shape index (κ1) is 30.1. The van der Waals surface area contributed by atoms with Crippen LogP contribution in [0, 0.1) is 17.3 Å². The molecular weight excluding hydrogens is 512 g/mol. The highest BCUT2D eigenvalue weighted by Crippen LogP contribution is 2.55. The molecule has 11 heteroatoms. The summed E-state index contributed by atoms with van der Waals surface area (Å²) in [7, 11) is 0. The maximum Gasteiger partial charge on any atom is 0.312 e. The molecule has 1 N–H and O–H groups in total. The van der Waals surface area contributed by atoms with Crippen molar-refractivity contribution >= 4 is 29.8 Å². The van der Waals surface area contributed by atoms with Crippen LogP contribution in [0.5, 0.6) is 0 Å². The number of fused-ring (bicyclic) bond motifs is 2. The Morgan fingerprint density at radius 1 is 1.05 bits per heavy atom. The molecule has 2 aliphatic carbocycles. The molecule has 1 unspecified atom stereocenters. The number of hydrogen-bond acceptors (Lipinski definition) is 11. The summed E-state index contributed by atoms with van der Waals surface area (Å²) in [5, 5.41) is 12.3. The van der Waals surface area contributed by atoms with Crippen LogP contribution < -0.4 is 0 Å². The summed E-state index contributed by atoms with van der Waals surface area (Å²) in [4.78, 5) is 61.4. The number of ether oxygens (including phenoxy) is 5. The van der Waals surface area contributed by atoms with E-state index in [0.717, 1.165) is 6.92 Å². The first-order valence-electron chi connectivity index (χ1n) is 12.8. The molecular formula is C28H36O11. The van der Waals surface area contributed by atoms with E-state index in [1.54, 1.807) is 13.0 Å². The fourth-order valence-corrected chi connectivity index (χ4v) is 5.95. The SMILES string of the molecule is C=C1CC[C@H](OC(C)=O)[C@]2(C)[C@@H](OC(C)=O)/C=C/C(COC(C)=O)=C\[C@@H]3OC(=O)[C@H](C)[C@]3(O)C(OC(C)=O)[C@@H]12. The summed E-state index contributed by atoms with van der Waals surface area (Å²) in [5.74, 6) is -5.40. The first-order valence-corrected chi connectivity index (χ1v) is 12.8. The molecule has 0 spiro atoms. The van der Waals surface area contributed by atoms with Gasteiger partial charge in [0.05, 0.1) is 11.3 Å². The van der Waals surface area contributed by atoms with Gasteiger partial charge in [0, 0.05) is 33.6 Å². The van der Waals surface area contributed by atoms with E-state index in [4.69, 9.17) is 23.7 Å². The average Bonchev–Trinajstić information content (AvgIpc) is 3.03. The number of aliphatic hydroxyl groups is 1. The second-order valence-corrected chi connectivity index (χ2v) is 10.5. The zero-order valence-corrected chi connectivity index (χ0v) is 23.1. The van der Waals surface area contributed by atoms with Gasteiger partial charge in [-0.05, 0) is 37.5 Å². The number of carbonyl (C=O) groups excluding carboxylic acids is 5. The first-order chi connectivity index (χ1) is 18.1. The highest BCUT2D eigenvalue weighted by Gasteiger charge is 2.67. The van der Waals surface area contributed by atoms with Gasteiger partial charge in [-0.3, -0.25) is 24.0 Å². The van der Waals surface area contributed by atoms with Gasteiger partial charge in [-0.15, -0.1) is 0 Å². The Balaban J connectivity index is 2.38. The van der Waals surface area contributed by atoms with E-state index in [-0.39, 0.29) is 6.61 Å². The summed E-state index contributed by atoms with van der Waals surface area (Å²) in [6.07, 6.45) is 0.445. The Morgan fingerprint density at radius 2 is 1.67 bits per heavy atom. The molecule has 0 aromatic heterocycles. The third-order valence-electron chi connectivity index (χ3n) is 7.84. The van der Waals surface area contributed by atoms with Gasteiger partial charge >= 0.3 is 29.8 Å². The number of esters is 5. The van der Waals surface area contributed by atoms with E-state index in [1.807, 2.05) is 0 Å². The van der Waals surface area contributed by atoms with Crippen LogP contribution in [0.2, 0.25) is 0 Å². The average molecular weight is 549 g/mol. The van der Waals surface area contributed by atoms with Crippen molar-refractivity contribution in [1.29, 1.82) is 0 Å². The van der Waals surface area contributed by atoms with E-state index < -0.39 is 77.1 Å². The quantitative estimate of drug-likeness (QED) is 0.305. The number of carbonyl (C=O) groups is 5. The van der Waals surface area contributed by atoms with Crippen LogP contribution in [-0.2, 0) is 47.7 Å². The lowest BCUT2D eigenvalue weighted by atomic mass is 9.55. The van der Waals surface area contributed by atoms with E-state index in [0.29, 0.717) is 24.0 Å². The molecule has 0 aromatic carbocycles. The summed E-state index contributed by atoms with van der Waals surface area (Å²) < 4.78 is 28.0. The van der Waals surface area contributed by atoms with Gasteiger partial charge in [0.25, 0.3) is 0 Å². The highest BCUT2D eigenvalue weighted by atomic mass is 16.6. The minimum atomic E-state index is -2.12. The minimum Gasteiger partial charge on any atom is -0.462 e. The Morgan fingerprint density at radius 3 is 2.23 bits per heavy atom. The smallest absolute Gasteiger partial charge is 0.312 e. The topological polar surface area (TPSA) is 152 Å². The van der Waals surface area contributed by atoms with Crippen LogP contribution in [-0.4, -0.2) is 71.6 Å². The van der Waals surface area contributed by atoms with E-state index in [2.05, 4.69) is 6.58 Å². The summed E-state index contributed by atoms with van der Waals surface area (Å²) in [5.41, 5.74) is -2.60. The van der Waals surface area contributed by atoms with Gasteiger partial charge in [0.2, 0.25) is 0 Å². The van der Waals surface area contributed by atoms with Gasteiger partial charge in [0.15, 0.2) is 11.7 Å². The van der Waals surface area contributed by atoms with Crippen molar-refractivity contribution in [2.45, 2.75) is 84.4 Å². The molecule has 0 amide bonds. The third kappa shape index (κ3) is 5.78. The largest absolute Gasteiger partial charge is 0.462 e. The highest BCUT2D eigenvalue weighted by molar-refractivity contribution is 5.78. The Bertz CT molecular complexity index is 1120. The lowest BCUT2D eigenvalue weighted by Gasteiger charge is -2.54. The van der Waals surface area contributed by atoms with Gasteiger partial charge in [-0.25, -0.2) is 0 Å². The zero-order chi connectivity index (χ0) is 29.3. The van der Waals surface area contributed by atoms with Crippen LogP contribution in [0.1, 0.15) is 54.4 Å².